The number of aromatic hydroxyl groups is 1. The van der Waals surface area contributed by atoms with Crippen molar-refractivity contribution >= 4 is 22.5 Å². The minimum atomic E-state index is -0.225. The summed E-state index contributed by atoms with van der Waals surface area (Å²) in [4.78, 5) is 16.3. The third-order valence-electron chi connectivity index (χ3n) is 2.73. The number of nitrogens with one attached hydrogen (secondary N) is 1. The van der Waals surface area contributed by atoms with Crippen LogP contribution < -0.4 is 10.9 Å². The summed E-state index contributed by atoms with van der Waals surface area (Å²) in [7, 11) is 1.85. The number of aromatic nitrogens is 2. The summed E-state index contributed by atoms with van der Waals surface area (Å²) >= 11 is 5.98. The van der Waals surface area contributed by atoms with E-state index in [2.05, 4.69) is 10.3 Å². The zero-order chi connectivity index (χ0) is 13.1. The van der Waals surface area contributed by atoms with Crippen LogP contribution in [0.4, 0.5) is 0 Å². The lowest BCUT2D eigenvalue weighted by Gasteiger charge is -2.09. The highest BCUT2D eigenvalue weighted by Gasteiger charge is 2.11. The second-order valence-corrected chi connectivity index (χ2v) is 4.31. The van der Waals surface area contributed by atoms with Crippen molar-refractivity contribution in [2.45, 2.75) is 13.0 Å². The zero-order valence-electron chi connectivity index (χ0n) is 9.98. The van der Waals surface area contributed by atoms with E-state index in [1.54, 1.807) is 12.1 Å². The molecule has 0 radical (unpaired) electrons. The van der Waals surface area contributed by atoms with Gasteiger partial charge in [-0.15, -0.1) is 0 Å². The standard InChI is InChI=1S/C12H14ClN3O2/c1-14-6-3-7-16-11(18)8-4-2-5-9(17)10(8)15-12(16)13/h2,4-5,14,17H,3,6-7H2,1H3. The average molecular weight is 268 g/mol. The van der Waals surface area contributed by atoms with Gasteiger partial charge in [0.15, 0.2) is 0 Å². The van der Waals surface area contributed by atoms with Crippen molar-refractivity contribution in [1.82, 2.24) is 14.9 Å². The maximum absolute atomic E-state index is 12.2. The van der Waals surface area contributed by atoms with E-state index in [-0.39, 0.29) is 22.1 Å². The smallest absolute Gasteiger partial charge is 0.262 e. The number of rotatable bonds is 4. The van der Waals surface area contributed by atoms with Crippen molar-refractivity contribution in [1.29, 1.82) is 0 Å². The predicted octanol–water partition coefficient (Wildman–Crippen LogP) is 1.36. The molecule has 0 aliphatic carbocycles. The molecule has 0 amide bonds. The van der Waals surface area contributed by atoms with Crippen LogP contribution in [0, 0.1) is 0 Å². The van der Waals surface area contributed by atoms with E-state index in [1.807, 2.05) is 7.05 Å². The van der Waals surface area contributed by atoms with Crippen LogP contribution in [-0.4, -0.2) is 28.3 Å². The SMILES string of the molecule is CNCCCn1c(Cl)nc2c(O)cccc2c1=O. The van der Waals surface area contributed by atoms with E-state index in [4.69, 9.17) is 11.6 Å². The molecule has 6 heteroatoms. The Labute approximate surface area is 109 Å². The number of hydrogen-bond acceptors (Lipinski definition) is 4. The van der Waals surface area contributed by atoms with Crippen LogP contribution in [0.5, 0.6) is 5.75 Å². The van der Waals surface area contributed by atoms with Crippen LogP contribution in [0.2, 0.25) is 5.28 Å². The Hall–Kier alpha value is -1.59. The highest BCUT2D eigenvalue weighted by molar-refractivity contribution is 6.28. The first-order valence-electron chi connectivity index (χ1n) is 5.67. The van der Waals surface area contributed by atoms with Gasteiger partial charge in [-0.1, -0.05) is 6.07 Å². The molecule has 0 aliphatic heterocycles. The average Bonchev–Trinajstić information content (AvgIpc) is 2.35. The minimum absolute atomic E-state index is 0.0334. The first-order valence-corrected chi connectivity index (χ1v) is 6.05. The van der Waals surface area contributed by atoms with Crippen molar-refractivity contribution < 1.29 is 5.11 Å². The normalized spacial score (nSPS) is 11.0. The highest BCUT2D eigenvalue weighted by Crippen LogP contribution is 2.21. The topological polar surface area (TPSA) is 67.2 Å². The van der Waals surface area contributed by atoms with Gasteiger partial charge in [0.05, 0.1) is 5.39 Å². The summed E-state index contributed by atoms with van der Waals surface area (Å²) in [5.41, 5.74) is 0.0226. The molecule has 0 atom stereocenters. The van der Waals surface area contributed by atoms with Gasteiger partial charge in [-0.25, -0.2) is 4.98 Å². The van der Waals surface area contributed by atoms with Gasteiger partial charge in [-0.05, 0) is 43.7 Å². The Morgan fingerprint density at radius 3 is 3.00 bits per heavy atom. The summed E-state index contributed by atoms with van der Waals surface area (Å²) < 4.78 is 1.42. The molecule has 0 bridgehead atoms. The molecular formula is C12H14ClN3O2. The number of phenols is 1. The molecule has 2 aromatic rings. The Bertz CT molecular complexity index is 624. The lowest BCUT2D eigenvalue weighted by molar-refractivity contribution is 0.479. The Balaban J connectivity index is 2.52. The van der Waals surface area contributed by atoms with E-state index in [0.717, 1.165) is 13.0 Å². The molecule has 2 rings (SSSR count). The Morgan fingerprint density at radius 2 is 2.28 bits per heavy atom. The monoisotopic (exact) mass is 267 g/mol. The van der Waals surface area contributed by atoms with Crippen molar-refractivity contribution in [3.8, 4) is 5.75 Å². The molecule has 5 nitrogen and oxygen atoms in total. The summed E-state index contributed by atoms with van der Waals surface area (Å²) in [5.74, 6) is -0.0334. The number of nitrogens with zero attached hydrogens (tertiary/aromatic N) is 2. The molecule has 0 saturated carbocycles. The number of hydrogen-bond donors (Lipinski definition) is 2. The van der Waals surface area contributed by atoms with E-state index in [9.17, 15) is 9.90 Å². The van der Waals surface area contributed by atoms with Gasteiger partial charge in [0.1, 0.15) is 11.3 Å². The van der Waals surface area contributed by atoms with Crippen LogP contribution in [-0.2, 0) is 6.54 Å². The van der Waals surface area contributed by atoms with Crippen molar-refractivity contribution in [2.75, 3.05) is 13.6 Å². The molecule has 18 heavy (non-hydrogen) atoms. The zero-order valence-corrected chi connectivity index (χ0v) is 10.7. The quantitative estimate of drug-likeness (QED) is 0.648. The van der Waals surface area contributed by atoms with Crippen molar-refractivity contribution in [3.05, 3.63) is 33.8 Å². The first kappa shape index (κ1) is 12.9. The van der Waals surface area contributed by atoms with Crippen LogP contribution in [0.15, 0.2) is 23.0 Å². The summed E-state index contributed by atoms with van der Waals surface area (Å²) in [5, 5.41) is 13.1. The molecule has 2 N–H and O–H groups in total. The maximum Gasteiger partial charge on any atom is 0.262 e. The van der Waals surface area contributed by atoms with Gasteiger partial charge in [0.25, 0.3) is 5.56 Å². The van der Waals surface area contributed by atoms with Gasteiger partial charge in [-0.3, -0.25) is 9.36 Å². The van der Waals surface area contributed by atoms with Gasteiger partial charge in [0, 0.05) is 6.54 Å². The van der Waals surface area contributed by atoms with Gasteiger partial charge >= 0.3 is 0 Å². The third kappa shape index (κ3) is 2.32. The summed E-state index contributed by atoms with van der Waals surface area (Å²) in [6.07, 6.45) is 0.780. The highest BCUT2D eigenvalue weighted by atomic mass is 35.5. The van der Waals surface area contributed by atoms with E-state index in [1.165, 1.54) is 10.6 Å². The number of para-hydroxylation sites is 1. The molecule has 0 unspecified atom stereocenters. The molecular weight excluding hydrogens is 254 g/mol. The number of benzene rings is 1. The van der Waals surface area contributed by atoms with E-state index in [0.29, 0.717) is 11.9 Å². The molecule has 0 fully saturated rings. The number of halogens is 1. The van der Waals surface area contributed by atoms with Crippen LogP contribution in [0.1, 0.15) is 6.42 Å². The molecule has 1 aromatic heterocycles. The summed E-state index contributed by atoms with van der Waals surface area (Å²) in [6, 6.07) is 4.73. The summed E-state index contributed by atoms with van der Waals surface area (Å²) in [6.45, 7) is 1.29. The fourth-order valence-electron chi connectivity index (χ4n) is 1.81. The van der Waals surface area contributed by atoms with Crippen LogP contribution in [0.25, 0.3) is 10.9 Å². The van der Waals surface area contributed by atoms with Crippen molar-refractivity contribution in [2.24, 2.45) is 0 Å². The Kier molecular flexibility index (Phi) is 3.84. The van der Waals surface area contributed by atoms with Crippen LogP contribution >= 0.6 is 11.6 Å². The fraction of sp³-hybridized carbons (Fsp3) is 0.333. The molecule has 1 heterocycles. The second kappa shape index (κ2) is 5.37. The molecule has 0 saturated heterocycles. The number of fused-ring (bicyclic) bond motifs is 1. The minimum Gasteiger partial charge on any atom is -0.506 e. The van der Waals surface area contributed by atoms with Gasteiger partial charge < -0.3 is 10.4 Å². The predicted molar refractivity (Wildman–Crippen MR) is 71.2 cm³/mol. The van der Waals surface area contributed by atoms with Crippen LogP contribution in [0.3, 0.4) is 0 Å². The van der Waals surface area contributed by atoms with E-state index < -0.39 is 0 Å². The second-order valence-electron chi connectivity index (χ2n) is 3.97. The van der Waals surface area contributed by atoms with E-state index >= 15 is 0 Å². The third-order valence-corrected chi connectivity index (χ3v) is 3.01. The van der Waals surface area contributed by atoms with Gasteiger partial charge in [0.2, 0.25) is 5.28 Å². The lowest BCUT2D eigenvalue weighted by atomic mass is 10.2. The molecule has 0 spiro atoms. The maximum atomic E-state index is 12.2. The fourth-order valence-corrected chi connectivity index (χ4v) is 2.06. The molecule has 96 valence electrons. The lowest BCUT2D eigenvalue weighted by Crippen LogP contribution is -2.24. The Morgan fingerprint density at radius 1 is 1.50 bits per heavy atom. The molecule has 0 aliphatic rings. The van der Waals surface area contributed by atoms with Gasteiger partial charge in [-0.2, -0.15) is 0 Å². The largest absolute Gasteiger partial charge is 0.506 e. The molecule has 1 aromatic carbocycles. The number of phenolic OH excluding ortho intramolecular Hbond substituents is 1. The first-order chi connectivity index (χ1) is 8.65. The van der Waals surface area contributed by atoms with Crippen molar-refractivity contribution in [3.63, 3.8) is 0 Å².